The molecule has 1 unspecified atom stereocenters. The van der Waals surface area contributed by atoms with Crippen molar-refractivity contribution < 1.29 is 4.42 Å². The molecule has 2 aromatic heterocycles. The summed E-state index contributed by atoms with van der Waals surface area (Å²) < 4.78 is 7.57. The Morgan fingerprint density at radius 3 is 3.00 bits per heavy atom. The lowest BCUT2D eigenvalue weighted by molar-refractivity contribution is 0.427. The standard InChI is InChI=1S/C12H18N4O/c1-3-6-16-7-5-14-12(16)10(15-13)11-9(2)4-8-17-11/h4-5,7-8,10,15H,3,6,13H2,1-2H3. The van der Waals surface area contributed by atoms with Gasteiger partial charge in [0.1, 0.15) is 17.6 Å². The highest BCUT2D eigenvalue weighted by atomic mass is 16.3. The fourth-order valence-electron chi connectivity index (χ4n) is 1.96. The van der Waals surface area contributed by atoms with Gasteiger partial charge in [-0.1, -0.05) is 6.92 Å². The molecule has 92 valence electrons. The summed E-state index contributed by atoms with van der Waals surface area (Å²) in [4.78, 5) is 4.36. The van der Waals surface area contributed by atoms with E-state index in [0.717, 1.165) is 30.1 Å². The summed E-state index contributed by atoms with van der Waals surface area (Å²) in [6.07, 6.45) is 6.47. The van der Waals surface area contributed by atoms with Crippen molar-refractivity contribution in [2.75, 3.05) is 0 Å². The summed E-state index contributed by atoms with van der Waals surface area (Å²) in [7, 11) is 0. The molecule has 0 aliphatic heterocycles. The fourth-order valence-corrected chi connectivity index (χ4v) is 1.96. The van der Waals surface area contributed by atoms with Crippen molar-refractivity contribution in [2.24, 2.45) is 5.84 Å². The number of furan rings is 1. The van der Waals surface area contributed by atoms with E-state index in [1.54, 1.807) is 12.5 Å². The van der Waals surface area contributed by atoms with Crippen molar-refractivity contribution in [1.82, 2.24) is 15.0 Å². The second-order valence-corrected chi connectivity index (χ2v) is 4.05. The van der Waals surface area contributed by atoms with Crippen molar-refractivity contribution in [3.63, 3.8) is 0 Å². The molecule has 0 radical (unpaired) electrons. The van der Waals surface area contributed by atoms with Crippen LogP contribution in [0.15, 0.2) is 29.1 Å². The Kier molecular flexibility index (Phi) is 3.61. The number of imidazole rings is 1. The SMILES string of the molecule is CCCn1ccnc1C(NN)c1occc1C. The van der Waals surface area contributed by atoms with Crippen LogP contribution >= 0.6 is 0 Å². The number of hydrogen-bond acceptors (Lipinski definition) is 4. The zero-order valence-electron chi connectivity index (χ0n) is 10.2. The Morgan fingerprint density at radius 1 is 1.59 bits per heavy atom. The van der Waals surface area contributed by atoms with Gasteiger partial charge in [-0.05, 0) is 25.0 Å². The van der Waals surface area contributed by atoms with Crippen LogP contribution in [0.4, 0.5) is 0 Å². The third kappa shape index (κ3) is 2.25. The third-order valence-electron chi connectivity index (χ3n) is 2.80. The lowest BCUT2D eigenvalue weighted by Crippen LogP contribution is -2.31. The van der Waals surface area contributed by atoms with Crippen molar-refractivity contribution in [1.29, 1.82) is 0 Å². The molecule has 2 aromatic rings. The molecule has 0 spiro atoms. The number of aromatic nitrogens is 2. The summed E-state index contributed by atoms with van der Waals surface area (Å²) in [6, 6.07) is 1.72. The van der Waals surface area contributed by atoms with Crippen LogP contribution in [0.1, 0.15) is 36.5 Å². The fraction of sp³-hybridized carbons (Fsp3) is 0.417. The molecule has 0 saturated heterocycles. The van der Waals surface area contributed by atoms with E-state index in [1.165, 1.54) is 0 Å². The molecule has 0 aliphatic rings. The van der Waals surface area contributed by atoms with E-state index in [9.17, 15) is 0 Å². The molecule has 0 fully saturated rings. The minimum atomic E-state index is -0.202. The Labute approximate surface area is 101 Å². The maximum Gasteiger partial charge on any atom is 0.137 e. The van der Waals surface area contributed by atoms with Gasteiger partial charge in [-0.2, -0.15) is 0 Å². The Bertz CT molecular complexity index is 474. The zero-order chi connectivity index (χ0) is 12.3. The molecule has 2 heterocycles. The van der Waals surface area contributed by atoms with E-state index in [4.69, 9.17) is 10.3 Å². The van der Waals surface area contributed by atoms with Crippen molar-refractivity contribution in [2.45, 2.75) is 32.9 Å². The average molecular weight is 234 g/mol. The zero-order valence-corrected chi connectivity index (χ0v) is 10.2. The predicted molar refractivity (Wildman–Crippen MR) is 65.1 cm³/mol. The largest absolute Gasteiger partial charge is 0.467 e. The normalized spacial score (nSPS) is 12.9. The molecule has 0 aromatic carbocycles. The molecular formula is C12H18N4O. The van der Waals surface area contributed by atoms with Crippen molar-refractivity contribution in [3.05, 3.63) is 41.9 Å². The quantitative estimate of drug-likeness (QED) is 0.611. The van der Waals surface area contributed by atoms with E-state index >= 15 is 0 Å². The van der Waals surface area contributed by atoms with Crippen LogP contribution in [0.2, 0.25) is 0 Å². The molecule has 0 bridgehead atoms. The van der Waals surface area contributed by atoms with Crippen LogP contribution in [0.25, 0.3) is 0 Å². The van der Waals surface area contributed by atoms with Gasteiger partial charge in [0.15, 0.2) is 0 Å². The number of nitrogens with two attached hydrogens (primary N) is 1. The molecular weight excluding hydrogens is 216 g/mol. The van der Waals surface area contributed by atoms with Gasteiger partial charge in [0.25, 0.3) is 0 Å². The van der Waals surface area contributed by atoms with Gasteiger partial charge in [-0.15, -0.1) is 0 Å². The van der Waals surface area contributed by atoms with Crippen LogP contribution in [0, 0.1) is 6.92 Å². The van der Waals surface area contributed by atoms with E-state index in [1.807, 2.05) is 19.2 Å². The number of hydrogen-bond donors (Lipinski definition) is 2. The van der Waals surface area contributed by atoms with Gasteiger partial charge in [-0.25, -0.2) is 10.4 Å². The molecule has 3 N–H and O–H groups in total. The molecule has 5 heteroatoms. The minimum Gasteiger partial charge on any atom is -0.467 e. The van der Waals surface area contributed by atoms with E-state index in [-0.39, 0.29) is 6.04 Å². The summed E-state index contributed by atoms with van der Waals surface area (Å²) in [6.45, 7) is 5.05. The number of nitrogens with one attached hydrogen (secondary N) is 1. The first kappa shape index (κ1) is 11.9. The molecule has 0 saturated carbocycles. The van der Waals surface area contributed by atoms with Gasteiger partial charge in [0.2, 0.25) is 0 Å². The number of hydrazine groups is 1. The molecule has 1 atom stereocenters. The topological polar surface area (TPSA) is 69.0 Å². The summed E-state index contributed by atoms with van der Waals surface area (Å²) >= 11 is 0. The molecule has 0 aliphatic carbocycles. The van der Waals surface area contributed by atoms with Gasteiger partial charge in [0.05, 0.1) is 6.26 Å². The van der Waals surface area contributed by atoms with Gasteiger partial charge in [0, 0.05) is 18.9 Å². The maximum atomic E-state index is 5.63. The first-order valence-electron chi connectivity index (χ1n) is 5.79. The first-order chi connectivity index (χ1) is 8.27. The Morgan fingerprint density at radius 2 is 2.41 bits per heavy atom. The van der Waals surface area contributed by atoms with E-state index in [2.05, 4.69) is 21.9 Å². The molecule has 2 rings (SSSR count). The van der Waals surface area contributed by atoms with Gasteiger partial charge >= 0.3 is 0 Å². The smallest absolute Gasteiger partial charge is 0.137 e. The van der Waals surface area contributed by atoms with Gasteiger partial charge < -0.3 is 8.98 Å². The lowest BCUT2D eigenvalue weighted by Gasteiger charge is -2.16. The summed E-state index contributed by atoms with van der Waals surface area (Å²) in [5.41, 5.74) is 3.84. The molecule has 17 heavy (non-hydrogen) atoms. The summed E-state index contributed by atoms with van der Waals surface area (Å²) in [5.74, 6) is 7.32. The third-order valence-corrected chi connectivity index (χ3v) is 2.80. The van der Waals surface area contributed by atoms with Crippen molar-refractivity contribution >= 4 is 0 Å². The number of rotatable bonds is 5. The lowest BCUT2D eigenvalue weighted by atomic mass is 10.1. The van der Waals surface area contributed by atoms with E-state index in [0.29, 0.717) is 0 Å². The second kappa shape index (κ2) is 5.16. The highest BCUT2D eigenvalue weighted by molar-refractivity contribution is 5.24. The van der Waals surface area contributed by atoms with Crippen LogP contribution in [-0.2, 0) is 6.54 Å². The van der Waals surface area contributed by atoms with Crippen molar-refractivity contribution in [3.8, 4) is 0 Å². The highest BCUT2D eigenvalue weighted by Crippen LogP contribution is 2.23. The van der Waals surface area contributed by atoms with Crippen LogP contribution in [0.3, 0.4) is 0 Å². The molecule has 5 nitrogen and oxygen atoms in total. The first-order valence-corrected chi connectivity index (χ1v) is 5.79. The number of aryl methyl sites for hydroxylation is 2. The highest BCUT2D eigenvalue weighted by Gasteiger charge is 2.22. The molecule has 0 amide bonds. The maximum absolute atomic E-state index is 5.63. The Hall–Kier alpha value is -1.59. The van der Waals surface area contributed by atoms with E-state index < -0.39 is 0 Å². The second-order valence-electron chi connectivity index (χ2n) is 4.05. The monoisotopic (exact) mass is 234 g/mol. The minimum absolute atomic E-state index is 0.202. The average Bonchev–Trinajstić information content (AvgIpc) is 2.92. The van der Waals surface area contributed by atoms with Gasteiger partial charge in [-0.3, -0.25) is 5.84 Å². The predicted octanol–water partition coefficient (Wildman–Crippen LogP) is 1.75. The van der Waals surface area contributed by atoms with Crippen LogP contribution < -0.4 is 11.3 Å². The summed E-state index contributed by atoms with van der Waals surface area (Å²) in [5, 5.41) is 0. The van der Waals surface area contributed by atoms with Crippen LogP contribution in [0.5, 0.6) is 0 Å². The Balaban J connectivity index is 2.35. The van der Waals surface area contributed by atoms with Crippen LogP contribution in [-0.4, -0.2) is 9.55 Å². The number of nitrogens with zero attached hydrogens (tertiary/aromatic N) is 2.